The molecule has 1 amide bonds. The number of carbonyl (C=O) groups is 2. The Morgan fingerprint density at radius 2 is 1.69 bits per heavy atom. The summed E-state index contributed by atoms with van der Waals surface area (Å²) in [5.74, 6) is -1.21. The number of amides is 1. The summed E-state index contributed by atoms with van der Waals surface area (Å²) >= 11 is 1.02. The third kappa shape index (κ3) is 6.55. The quantitative estimate of drug-likeness (QED) is 0.376. The van der Waals surface area contributed by atoms with Gasteiger partial charge in [-0.05, 0) is 49.4 Å². The molecular formula is C22H24N2O8S3. The maximum Gasteiger partial charge on any atom is 0.326 e. The molecule has 1 aromatic heterocycles. The fraction of sp³-hybridized carbons (Fsp3) is 0.318. The van der Waals surface area contributed by atoms with Crippen molar-refractivity contribution >= 4 is 53.1 Å². The summed E-state index contributed by atoms with van der Waals surface area (Å²) in [6.07, 6.45) is 0.698. The summed E-state index contributed by atoms with van der Waals surface area (Å²) in [6.45, 7) is 1.57. The van der Waals surface area contributed by atoms with Gasteiger partial charge in [-0.15, -0.1) is 0 Å². The van der Waals surface area contributed by atoms with Crippen LogP contribution in [0.1, 0.15) is 13.3 Å². The van der Waals surface area contributed by atoms with Gasteiger partial charge >= 0.3 is 5.97 Å². The molecule has 0 saturated heterocycles. The lowest BCUT2D eigenvalue weighted by atomic mass is 10.3. The number of aromatic nitrogens is 1. The zero-order valence-corrected chi connectivity index (χ0v) is 21.7. The van der Waals surface area contributed by atoms with Crippen LogP contribution in [0.25, 0.3) is 10.2 Å². The van der Waals surface area contributed by atoms with Crippen LogP contribution in [0.15, 0.2) is 57.2 Å². The number of methoxy groups -OCH3 is 1. The van der Waals surface area contributed by atoms with Crippen molar-refractivity contribution in [3.05, 3.63) is 47.3 Å². The van der Waals surface area contributed by atoms with E-state index >= 15 is 0 Å². The van der Waals surface area contributed by atoms with Crippen molar-refractivity contribution in [1.82, 2.24) is 4.57 Å². The van der Waals surface area contributed by atoms with Crippen molar-refractivity contribution < 1.29 is 35.9 Å². The van der Waals surface area contributed by atoms with E-state index in [2.05, 4.69) is 4.99 Å². The van der Waals surface area contributed by atoms with Crippen molar-refractivity contribution in [2.24, 2.45) is 4.99 Å². The summed E-state index contributed by atoms with van der Waals surface area (Å²) in [5.41, 5.74) is 0.493. The average Bonchev–Trinajstić information content (AvgIpc) is 3.13. The molecule has 13 heteroatoms. The Labute approximate surface area is 206 Å². The second kappa shape index (κ2) is 10.7. The Kier molecular flexibility index (Phi) is 8.13. The van der Waals surface area contributed by atoms with E-state index in [-0.39, 0.29) is 34.2 Å². The van der Waals surface area contributed by atoms with E-state index in [4.69, 9.17) is 9.47 Å². The Bertz CT molecular complexity index is 1530. The van der Waals surface area contributed by atoms with Crippen LogP contribution in [0.5, 0.6) is 5.75 Å². The molecule has 0 aliphatic heterocycles. The minimum absolute atomic E-state index is 0.0543. The largest absolute Gasteiger partial charge is 0.497 e. The first-order valence-corrected chi connectivity index (χ1v) is 14.7. The number of hydrogen-bond acceptors (Lipinski definition) is 9. The highest BCUT2D eigenvalue weighted by atomic mass is 32.2. The van der Waals surface area contributed by atoms with Gasteiger partial charge in [-0.3, -0.25) is 9.59 Å². The number of hydrogen-bond donors (Lipinski definition) is 0. The minimum atomic E-state index is -3.74. The van der Waals surface area contributed by atoms with Gasteiger partial charge in [0.1, 0.15) is 12.3 Å². The number of fused-ring (bicyclic) bond motifs is 1. The lowest BCUT2D eigenvalue weighted by Gasteiger charge is -2.06. The highest BCUT2D eigenvalue weighted by molar-refractivity contribution is 7.91. The number of benzene rings is 2. The second-order valence-corrected chi connectivity index (χ2v) is 12.6. The Hall–Kier alpha value is -3.03. The summed E-state index contributed by atoms with van der Waals surface area (Å²) in [6, 6.07) is 10.2. The fourth-order valence-electron chi connectivity index (χ4n) is 3.14. The minimum Gasteiger partial charge on any atom is -0.497 e. The van der Waals surface area contributed by atoms with Crippen LogP contribution in [0.2, 0.25) is 0 Å². The normalized spacial score (nSPS) is 12.6. The molecule has 0 atom stereocenters. The van der Waals surface area contributed by atoms with E-state index in [1.165, 1.54) is 54.1 Å². The maximum absolute atomic E-state index is 12.6. The molecule has 0 bridgehead atoms. The SMILES string of the molecule is CCOC(=O)Cn1c(=NC(=O)CCS(=O)(=O)c2ccc(OC)cc2)sc2cc(S(C)(=O)=O)ccc21. The first-order valence-electron chi connectivity index (χ1n) is 10.4. The molecule has 0 N–H and O–H groups in total. The van der Waals surface area contributed by atoms with Crippen LogP contribution >= 0.6 is 11.3 Å². The van der Waals surface area contributed by atoms with E-state index < -0.39 is 37.3 Å². The molecule has 0 radical (unpaired) electrons. The molecular weight excluding hydrogens is 516 g/mol. The molecule has 0 aliphatic carbocycles. The molecule has 0 saturated carbocycles. The van der Waals surface area contributed by atoms with Gasteiger partial charge in [-0.2, -0.15) is 4.99 Å². The molecule has 3 aromatic rings. The van der Waals surface area contributed by atoms with Crippen LogP contribution in [0, 0.1) is 0 Å². The molecule has 1 heterocycles. The van der Waals surface area contributed by atoms with Crippen LogP contribution in [0.4, 0.5) is 0 Å². The van der Waals surface area contributed by atoms with Gasteiger partial charge < -0.3 is 14.0 Å². The van der Waals surface area contributed by atoms with Crippen molar-refractivity contribution in [1.29, 1.82) is 0 Å². The van der Waals surface area contributed by atoms with Crippen molar-refractivity contribution in [2.75, 3.05) is 25.7 Å². The number of rotatable bonds is 9. The molecule has 0 aliphatic rings. The molecule has 0 unspecified atom stereocenters. The number of ether oxygens (including phenoxy) is 2. The average molecular weight is 541 g/mol. The van der Waals surface area contributed by atoms with E-state index in [1.807, 2.05) is 0 Å². The number of nitrogens with zero attached hydrogens (tertiary/aromatic N) is 2. The lowest BCUT2D eigenvalue weighted by Crippen LogP contribution is -2.23. The van der Waals surface area contributed by atoms with Crippen LogP contribution < -0.4 is 9.54 Å². The van der Waals surface area contributed by atoms with E-state index in [9.17, 15) is 26.4 Å². The van der Waals surface area contributed by atoms with E-state index in [0.717, 1.165) is 17.6 Å². The number of sulfone groups is 2. The summed E-state index contributed by atoms with van der Waals surface area (Å²) < 4.78 is 61.0. The van der Waals surface area contributed by atoms with Crippen molar-refractivity contribution in [3.63, 3.8) is 0 Å². The molecule has 188 valence electrons. The summed E-state index contributed by atoms with van der Waals surface area (Å²) in [7, 11) is -5.74. The van der Waals surface area contributed by atoms with Gasteiger partial charge in [-0.25, -0.2) is 16.8 Å². The van der Waals surface area contributed by atoms with Gasteiger partial charge in [0.25, 0.3) is 0 Å². The van der Waals surface area contributed by atoms with Crippen LogP contribution in [-0.4, -0.2) is 59.0 Å². The molecule has 10 nitrogen and oxygen atoms in total. The maximum atomic E-state index is 12.6. The molecule has 0 spiro atoms. The fourth-order valence-corrected chi connectivity index (χ4v) is 6.18. The third-order valence-corrected chi connectivity index (χ3v) is 8.78. The molecule has 3 rings (SSSR count). The van der Waals surface area contributed by atoms with Crippen molar-refractivity contribution in [2.45, 2.75) is 29.7 Å². The van der Waals surface area contributed by atoms with Gasteiger partial charge in [-0.1, -0.05) is 11.3 Å². The Morgan fingerprint density at radius 3 is 2.29 bits per heavy atom. The van der Waals surface area contributed by atoms with Gasteiger partial charge in [0.05, 0.1) is 39.5 Å². The molecule has 35 heavy (non-hydrogen) atoms. The predicted octanol–water partition coefficient (Wildman–Crippen LogP) is 1.97. The Morgan fingerprint density at radius 1 is 1.03 bits per heavy atom. The number of esters is 1. The standard InChI is InChI=1S/C22H24N2O8S3/c1-4-32-21(26)14-24-18-10-9-17(34(3,27)28)13-19(18)33-22(24)23-20(25)11-12-35(29,30)16-7-5-15(31-2)6-8-16/h5-10,13H,4,11-12,14H2,1-3H3. The molecule has 0 fully saturated rings. The highest BCUT2D eigenvalue weighted by Gasteiger charge is 2.18. The number of thiazole rings is 1. The van der Waals surface area contributed by atoms with Gasteiger partial charge in [0.15, 0.2) is 24.5 Å². The zero-order valence-electron chi connectivity index (χ0n) is 19.3. The highest BCUT2D eigenvalue weighted by Crippen LogP contribution is 2.22. The van der Waals surface area contributed by atoms with Crippen molar-refractivity contribution in [3.8, 4) is 5.75 Å². The lowest BCUT2D eigenvalue weighted by molar-refractivity contribution is -0.143. The summed E-state index contributed by atoms with van der Waals surface area (Å²) in [4.78, 5) is 29.0. The van der Waals surface area contributed by atoms with Gasteiger partial charge in [0.2, 0.25) is 5.91 Å². The van der Waals surface area contributed by atoms with E-state index in [1.54, 1.807) is 6.92 Å². The third-order valence-electron chi connectivity index (χ3n) is 4.90. The summed E-state index contributed by atoms with van der Waals surface area (Å²) in [5, 5.41) is 0. The first-order chi connectivity index (χ1) is 16.4. The Balaban J connectivity index is 1.93. The number of carbonyl (C=O) groups excluding carboxylic acids is 2. The molecule has 2 aromatic carbocycles. The van der Waals surface area contributed by atoms with E-state index in [0.29, 0.717) is 16.0 Å². The predicted molar refractivity (Wildman–Crippen MR) is 130 cm³/mol. The van der Waals surface area contributed by atoms with Gasteiger partial charge in [0, 0.05) is 12.7 Å². The monoisotopic (exact) mass is 540 g/mol. The van der Waals surface area contributed by atoms with Crippen LogP contribution in [0.3, 0.4) is 0 Å². The van der Waals surface area contributed by atoms with Crippen LogP contribution in [-0.2, 0) is 40.5 Å². The second-order valence-electron chi connectivity index (χ2n) is 7.43. The first kappa shape index (κ1) is 26.6. The smallest absolute Gasteiger partial charge is 0.326 e. The zero-order chi connectivity index (χ0) is 25.8. The topological polar surface area (TPSA) is 138 Å².